The van der Waals surface area contributed by atoms with Gasteiger partial charge in [0.25, 0.3) is 0 Å². The van der Waals surface area contributed by atoms with Crippen molar-refractivity contribution in [2.75, 3.05) is 7.11 Å². The van der Waals surface area contributed by atoms with Gasteiger partial charge in [0.1, 0.15) is 5.75 Å². The number of carbonyl (C=O) groups excluding carboxylic acids is 1. The maximum atomic E-state index is 12.0. The van der Waals surface area contributed by atoms with Crippen LogP contribution in [0, 0.1) is 0 Å². The molecule has 0 aliphatic carbocycles. The number of methoxy groups -OCH3 is 1. The second-order valence-electron chi connectivity index (χ2n) is 4.49. The average Bonchev–Trinajstić information content (AvgIpc) is 2.45. The van der Waals surface area contributed by atoms with Gasteiger partial charge < -0.3 is 15.2 Å². The molecule has 0 saturated heterocycles. The number of carboxylic acids is 1. The van der Waals surface area contributed by atoms with Gasteiger partial charge in [0.15, 0.2) is 0 Å². The lowest BCUT2D eigenvalue weighted by atomic mass is 10.1. The second kappa shape index (κ2) is 6.75. The number of aliphatic carboxylic acids is 1. The Balaban J connectivity index is 2.91. The van der Waals surface area contributed by atoms with E-state index < -0.39 is 11.9 Å². The van der Waals surface area contributed by atoms with Gasteiger partial charge in [-0.25, -0.2) is 4.79 Å². The van der Waals surface area contributed by atoms with E-state index in [2.05, 4.69) is 5.32 Å². The normalized spacial score (nSPS) is 13.2. The maximum absolute atomic E-state index is 12.0. The lowest BCUT2D eigenvalue weighted by Gasteiger charge is -2.17. The van der Waals surface area contributed by atoms with Crippen LogP contribution in [0.4, 0.5) is 0 Å². The predicted molar refractivity (Wildman–Crippen MR) is 75.6 cm³/mol. The first-order valence-corrected chi connectivity index (χ1v) is 6.23. The number of amides is 1. The SMILES string of the molecule is COc1ccccc1[C@@H](C)NC(=O)/C(C)=C(/C)C(=O)O. The Hall–Kier alpha value is -2.30. The third-order valence-corrected chi connectivity index (χ3v) is 3.18. The molecule has 0 bridgehead atoms. The summed E-state index contributed by atoms with van der Waals surface area (Å²) in [6, 6.07) is 7.08. The summed E-state index contributed by atoms with van der Waals surface area (Å²) in [6.07, 6.45) is 0. The molecule has 1 aromatic rings. The third-order valence-electron chi connectivity index (χ3n) is 3.18. The number of carbonyl (C=O) groups is 2. The van der Waals surface area contributed by atoms with E-state index in [4.69, 9.17) is 9.84 Å². The molecule has 1 rings (SSSR count). The highest BCUT2D eigenvalue weighted by molar-refractivity contribution is 6.01. The lowest BCUT2D eigenvalue weighted by Crippen LogP contribution is -2.28. The van der Waals surface area contributed by atoms with E-state index in [-0.39, 0.29) is 17.2 Å². The molecule has 0 aliphatic rings. The molecule has 0 radical (unpaired) electrons. The molecule has 0 aliphatic heterocycles. The van der Waals surface area contributed by atoms with Crippen molar-refractivity contribution >= 4 is 11.9 Å². The minimum Gasteiger partial charge on any atom is -0.496 e. The molecule has 0 fully saturated rings. The van der Waals surface area contributed by atoms with Crippen molar-refractivity contribution in [2.45, 2.75) is 26.8 Å². The molecule has 0 saturated carbocycles. The first kappa shape index (κ1) is 15.8. The minimum atomic E-state index is -1.09. The summed E-state index contributed by atoms with van der Waals surface area (Å²) in [5.74, 6) is -0.817. The number of carboxylic acid groups (broad SMARTS) is 1. The van der Waals surface area contributed by atoms with Crippen molar-refractivity contribution in [2.24, 2.45) is 0 Å². The molecule has 2 N–H and O–H groups in total. The highest BCUT2D eigenvalue weighted by atomic mass is 16.5. The van der Waals surface area contributed by atoms with Crippen LogP contribution in [0.25, 0.3) is 0 Å². The first-order valence-electron chi connectivity index (χ1n) is 6.23. The van der Waals surface area contributed by atoms with Crippen LogP contribution in [0.15, 0.2) is 35.4 Å². The fraction of sp³-hybridized carbons (Fsp3) is 0.333. The van der Waals surface area contributed by atoms with Crippen LogP contribution in [-0.4, -0.2) is 24.1 Å². The van der Waals surface area contributed by atoms with Crippen LogP contribution in [0.3, 0.4) is 0 Å². The van der Waals surface area contributed by atoms with Gasteiger partial charge in [-0.2, -0.15) is 0 Å². The lowest BCUT2D eigenvalue weighted by molar-refractivity contribution is -0.133. The monoisotopic (exact) mass is 277 g/mol. The predicted octanol–water partition coefficient (Wildman–Crippen LogP) is 2.29. The highest BCUT2D eigenvalue weighted by Gasteiger charge is 2.17. The van der Waals surface area contributed by atoms with Crippen molar-refractivity contribution in [1.29, 1.82) is 0 Å². The van der Waals surface area contributed by atoms with Gasteiger partial charge in [-0.3, -0.25) is 4.79 Å². The van der Waals surface area contributed by atoms with E-state index in [9.17, 15) is 9.59 Å². The summed E-state index contributed by atoms with van der Waals surface area (Å²) in [4.78, 5) is 22.8. The van der Waals surface area contributed by atoms with Crippen molar-refractivity contribution in [3.05, 3.63) is 41.0 Å². The number of para-hydroxylation sites is 1. The molecule has 0 spiro atoms. The van der Waals surface area contributed by atoms with Gasteiger partial charge in [-0.15, -0.1) is 0 Å². The number of hydrogen-bond acceptors (Lipinski definition) is 3. The second-order valence-corrected chi connectivity index (χ2v) is 4.49. The van der Waals surface area contributed by atoms with E-state index in [0.717, 1.165) is 5.56 Å². The molecular formula is C15H19NO4. The van der Waals surface area contributed by atoms with Crippen LogP contribution in [0.2, 0.25) is 0 Å². The van der Waals surface area contributed by atoms with Crippen molar-refractivity contribution in [3.8, 4) is 5.75 Å². The summed E-state index contributed by atoms with van der Waals surface area (Å²) in [7, 11) is 1.56. The van der Waals surface area contributed by atoms with E-state index in [1.807, 2.05) is 31.2 Å². The Labute approximate surface area is 118 Å². The Bertz CT molecular complexity index is 549. The van der Waals surface area contributed by atoms with Crippen LogP contribution < -0.4 is 10.1 Å². The Morgan fingerprint density at radius 1 is 1.20 bits per heavy atom. The molecule has 1 aromatic carbocycles. The van der Waals surface area contributed by atoms with Gasteiger partial charge in [-0.05, 0) is 26.8 Å². The van der Waals surface area contributed by atoms with Gasteiger partial charge in [0, 0.05) is 16.7 Å². The average molecular weight is 277 g/mol. The summed E-state index contributed by atoms with van der Waals surface area (Å²) >= 11 is 0. The number of nitrogens with one attached hydrogen (secondary N) is 1. The Morgan fingerprint density at radius 2 is 1.80 bits per heavy atom. The Morgan fingerprint density at radius 3 is 2.35 bits per heavy atom. The van der Waals surface area contributed by atoms with E-state index >= 15 is 0 Å². The molecule has 1 amide bonds. The molecule has 20 heavy (non-hydrogen) atoms. The molecule has 1 atom stereocenters. The number of hydrogen-bond donors (Lipinski definition) is 2. The van der Waals surface area contributed by atoms with Gasteiger partial charge in [0.05, 0.1) is 13.2 Å². The zero-order valence-electron chi connectivity index (χ0n) is 12.1. The topological polar surface area (TPSA) is 75.6 Å². The summed E-state index contributed by atoms with van der Waals surface area (Å²) in [6.45, 7) is 4.72. The van der Waals surface area contributed by atoms with Crippen LogP contribution >= 0.6 is 0 Å². The quantitative estimate of drug-likeness (QED) is 0.810. The fourth-order valence-corrected chi connectivity index (χ4v) is 1.74. The molecule has 108 valence electrons. The molecule has 0 unspecified atom stereocenters. The summed E-state index contributed by atoms with van der Waals surface area (Å²) < 4.78 is 5.24. The van der Waals surface area contributed by atoms with Crippen LogP contribution in [0.5, 0.6) is 5.75 Å². The molecule has 0 aromatic heterocycles. The largest absolute Gasteiger partial charge is 0.496 e. The van der Waals surface area contributed by atoms with E-state index in [0.29, 0.717) is 5.75 Å². The molecular weight excluding hydrogens is 258 g/mol. The highest BCUT2D eigenvalue weighted by Crippen LogP contribution is 2.24. The first-order chi connectivity index (χ1) is 9.38. The molecule has 5 nitrogen and oxygen atoms in total. The number of rotatable bonds is 5. The molecule has 0 heterocycles. The van der Waals surface area contributed by atoms with E-state index in [1.165, 1.54) is 13.8 Å². The van der Waals surface area contributed by atoms with Crippen molar-refractivity contribution in [3.63, 3.8) is 0 Å². The zero-order valence-corrected chi connectivity index (χ0v) is 12.1. The third kappa shape index (κ3) is 3.60. The minimum absolute atomic E-state index is 0.0368. The van der Waals surface area contributed by atoms with Crippen LogP contribution in [0.1, 0.15) is 32.4 Å². The number of ether oxygens (including phenoxy) is 1. The number of benzene rings is 1. The standard InChI is InChI=1S/C15H19NO4/c1-9(10(2)15(18)19)14(17)16-11(3)12-7-5-6-8-13(12)20-4/h5-8,11H,1-4H3,(H,16,17)(H,18,19)/b10-9-/t11-/m1/s1. The Kier molecular flexibility index (Phi) is 5.32. The van der Waals surface area contributed by atoms with Crippen molar-refractivity contribution in [1.82, 2.24) is 5.32 Å². The molecule has 5 heteroatoms. The van der Waals surface area contributed by atoms with Crippen LogP contribution in [-0.2, 0) is 9.59 Å². The van der Waals surface area contributed by atoms with Gasteiger partial charge in [-0.1, -0.05) is 18.2 Å². The van der Waals surface area contributed by atoms with E-state index in [1.54, 1.807) is 7.11 Å². The smallest absolute Gasteiger partial charge is 0.331 e. The van der Waals surface area contributed by atoms with Crippen molar-refractivity contribution < 1.29 is 19.4 Å². The van der Waals surface area contributed by atoms with Gasteiger partial charge in [0.2, 0.25) is 5.91 Å². The maximum Gasteiger partial charge on any atom is 0.331 e. The van der Waals surface area contributed by atoms with Gasteiger partial charge >= 0.3 is 5.97 Å². The summed E-state index contributed by atoms with van der Waals surface area (Å²) in [5.41, 5.74) is 1.07. The fourth-order valence-electron chi connectivity index (χ4n) is 1.74. The summed E-state index contributed by atoms with van der Waals surface area (Å²) in [5, 5.41) is 11.6. The zero-order chi connectivity index (χ0) is 15.3.